The molecule has 12 aliphatic rings. The highest BCUT2D eigenvalue weighted by Crippen LogP contribution is 2.53. The molecule has 734 valence electrons. The second-order valence-electron chi connectivity index (χ2n) is 40.8. The predicted octanol–water partition coefficient (Wildman–Crippen LogP) is 28.5. The molecule has 15 nitrogen and oxygen atoms in total. The Hall–Kier alpha value is -5.90. The van der Waals surface area contributed by atoms with Gasteiger partial charge < -0.3 is 19.6 Å². The van der Waals surface area contributed by atoms with E-state index in [1.165, 1.54) is 89.3 Å². The third kappa shape index (κ3) is 24.4. The number of aryl methyl sites for hydroxylation is 9. The molecule has 4 amide bonds. The number of hydrogen-bond acceptors (Lipinski definition) is 11. The van der Waals surface area contributed by atoms with Crippen LogP contribution in [-0.4, -0.2) is 152 Å². The van der Waals surface area contributed by atoms with E-state index in [1.54, 1.807) is 6.08 Å². The van der Waals surface area contributed by atoms with Crippen molar-refractivity contribution in [3.8, 4) is 0 Å². The third-order valence-corrected chi connectivity index (χ3v) is 37.1. The van der Waals surface area contributed by atoms with E-state index < -0.39 is 0 Å². The van der Waals surface area contributed by atoms with Gasteiger partial charge in [0.05, 0.1) is 29.3 Å². The minimum absolute atomic E-state index is 0.0967. The average molecular weight is 2480 g/mol. The highest BCUT2D eigenvalue weighted by atomic mass is 79.9. The van der Waals surface area contributed by atoms with Gasteiger partial charge in [-0.25, -0.2) is 0 Å². The van der Waals surface area contributed by atoms with E-state index in [2.05, 4.69) is 210 Å². The number of aromatic nitrogens is 4. The molecule has 7 fully saturated rings. The van der Waals surface area contributed by atoms with Crippen LogP contribution in [0.5, 0.6) is 0 Å². The molecule has 9 aromatic rings. The molecule has 4 aromatic heterocycles. The van der Waals surface area contributed by atoms with Gasteiger partial charge in [-0.05, 0) is 406 Å². The van der Waals surface area contributed by atoms with Crippen LogP contribution in [0, 0.1) is 42.4 Å². The van der Waals surface area contributed by atoms with E-state index in [-0.39, 0.29) is 53.1 Å². The number of ketones is 2. The molecule has 1 unspecified atom stereocenters. The Morgan fingerprint density at radius 2 is 0.693 bits per heavy atom. The molecule has 9 heterocycles. The number of amides is 4. The topological polar surface area (TPSA) is 170 Å². The van der Waals surface area contributed by atoms with Gasteiger partial charge in [0.15, 0.2) is 5.78 Å². The number of carbonyl (C=O) groups excluding carboxylic acids is 6. The summed E-state index contributed by atoms with van der Waals surface area (Å²) in [6.45, 7) is 18.9. The number of allylic oxidation sites excluding steroid dienone is 2. The van der Waals surface area contributed by atoms with E-state index in [0.717, 1.165) is 296 Å². The van der Waals surface area contributed by atoms with Crippen molar-refractivity contribution >= 4 is 209 Å². The van der Waals surface area contributed by atoms with Gasteiger partial charge in [0.1, 0.15) is 5.78 Å². The fourth-order valence-corrected chi connectivity index (χ4v) is 30.5. The Morgan fingerprint density at radius 3 is 1.06 bits per heavy atom. The van der Waals surface area contributed by atoms with Crippen molar-refractivity contribution in [3.63, 3.8) is 0 Å². The number of halogens is 12. The monoisotopic (exact) mass is 2470 g/mol. The van der Waals surface area contributed by atoms with Gasteiger partial charge in [-0.2, -0.15) is 0 Å². The van der Waals surface area contributed by atoms with E-state index in [0.29, 0.717) is 93.0 Å². The molecule has 0 N–H and O–H groups in total. The Balaban J connectivity index is 0.000000124. The summed E-state index contributed by atoms with van der Waals surface area (Å²) in [7, 11) is 0. The molecule has 27 heteroatoms. The molecule has 21 rings (SSSR count). The molecule has 5 aromatic carbocycles. The summed E-state index contributed by atoms with van der Waals surface area (Å²) in [6, 6.07) is 31.3. The zero-order valence-electron chi connectivity index (χ0n) is 79.0. The van der Waals surface area contributed by atoms with E-state index >= 15 is 0 Å². The average Bonchev–Trinajstić information content (AvgIpc) is 1.53. The van der Waals surface area contributed by atoms with Crippen molar-refractivity contribution in [2.75, 3.05) is 72.0 Å². The quantitative estimate of drug-likeness (QED) is 0.0892. The number of Topliss-reactive ketones (excluding diaryl/α,β-unsaturated/α-hetero) is 2. The van der Waals surface area contributed by atoms with Crippen molar-refractivity contribution in [1.29, 1.82) is 0 Å². The largest absolute Gasteiger partial charge is 0.343 e. The molecule has 2 saturated carbocycles. The van der Waals surface area contributed by atoms with Crippen LogP contribution in [0.15, 0.2) is 188 Å². The standard InChI is InChI=1S/C31H29Br2ClN2O2.C28H31Br2ClN2O.C27H30Br2ClN3O.C27H27Br2ClN2O2/c1-17-2-5-25-21(10-17)11-22(31(25)38)14-27(37)36-8-6-18(7-9-36)29-28-19(13-24(34)15-26(28)33)3-4-20-12-23(32)16-35-30(20)29;1-17-2-4-18(5-3-17)12-25(34)33-10-8-19(9-11-33)27-26-20(14-23(31)15-24(26)30)6-7-21-13-22(29)16-32-28(21)27;1-17-4-8-32(9-5-17)16-24(34)33-10-6-18(7-11-33)26-25-19(13-22(30)14-23(25)29)2-3-20-12-21(28)15-31-27(20)26;28-20-12-19-4-3-18-13-21(30)14-23(29)25(18)26(27(19)31-15-20)17-7-9-32(10-8-17)24(34)11-16-1-5-22(33)6-2-16/h2,5,10,12-13,15-16,18,22,29H,3-4,6-9,11,14H2,1H3;13-16,18-19,27H,1-12H2;12-15,18,26H,1-11,16H2;11-15,17,26H,1-10H2/t22?,29-;27-;2*26-/m1111/s1. The predicted molar refractivity (Wildman–Crippen MR) is 588 cm³/mol. The van der Waals surface area contributed by atoms with Crippen LogP contribution in [0.25, 0.3) is 0 Å². The van der Waals surface area contributed by atoms with E-state index in [1.807, 2.05) is 77.9 Å². The molecular weight excluding hydrogens is 2360 g/mol. The van der Waals surface area contributed by atoms with Crippen molar-refractivity contribution in [2.24, 2.45) is 35.5 Å². The van der Waals surface area contributed by atoms with Gasteiger partial charge in [-0.3, -0.25) is 53.6 Å². The Bertz CT molecular complexity index is 6130. The first-order valence-electron chi connectivity index (χ1n) is 50.0. The fraction of sp³-hybridized carbons (Fsp3) is 0.451. The molecule has 140 heavy (non-hydrogen) atoms. The minimum Gasteiger partial charge on any atom is -0.343 e. The molecule has 0 radical (unpaired) electrons. The lowest BCUT2D eigenvalue weighted by molar-refractivity contribution is -0.134. The second kappa shape index (κ2) is 46.7. The number of benzene rings is 5. The number of nitrogens with zero attached hydrogens (tertiary/aromatic N) is 9. The number of carbonyl (C=O) groups is 6. The molecule has 7 aliphatic carbocycles. The van der Waals surface area contributed by atoms with Crippen molar-refractivity contribution < 1.29 is 28.8 Å². The Morgan fingerprint density at radius 1 is 0.364 bits per heavy atom. The summed E-state index contributed by atoms with van der Waals surface area (Å²) >= 11 is 55.5. The van der Waals surface area contributed by atoms with Crippen LogP contribution < -0.4 is 0 Å². The molecule has 0 spiro atoms. The van der Waals surface area contributed by atoms with E-state index in [9.17, 15) is 28.8 Å². The molecular formula is C113H117Br8Cl4N9O6. The van der Waals surface area contributed by atoms with Crippen LogP contribution in [0.2, 0.25) is 20.1 Å². The lowest BCUT2D eigenvalue weighted by Gasteiger charge is -2.38. The fourth-order valence-electron chi connectivity index (χ4n) is 24.5. The molecule has 5 saturated heterocycles. The van der Waals surface area contributed by atoms with Crippen molar-refractivity contribution in [1.82, 2.24) is 44.4 Å². The van der Waals surface area contributed by atoms with Gasteiger partial charge in [-0.15, -0.1) is 0 Å². The van der Waals surface area contributed by atoms with Crippen LogP contribution in [0.3, 0.4) is 0 Å². The maximum Gasteiger partial charge on any atom is 0.246 e. The molecule has 0 bridgehead atoms. The minimum atomic E-state index is -0.235. The van der Waals surface area contributed by atoms with Gasteiger partial charge in [0.25, 0.3) is 0 Å². The van der Waals surface area contributed by atoms with Crippen LogP contribution >= 0.6 is 174 Å². The van der Waals surface area contributed by atoms with Gasteiger partial charge in [-0.1, -0.05) is 164 Å². The van der Waals surface area contributed by atoms with Crippen molar-refractivity contribution in [3.05, 3.63) is 314 Å². The first-order chi connectivity index (χ1) is 67.4. The summed E-state index contributed by atoms with van der Waals surface area (Å²) in [5.41, 5.74) is 27.1. The number of hydrogen-bond donors (Lipinski definition) is 0. The van der Waals surface area contributed by atoms with Crippen LogP contribution in [0.1, 0.15) is 263 Å². The highest BCUT2D eigenvalue weighted by Gasteiger charge is 2.44. The highest BCUT2D eigenvalue weighted by molar-refractivity contribution is 9.11. The molecule has 5 atom stereocenters. The van der Waals surface area contributed by atoms with Gasteiger partial charge >= 0.3 is 0 Å². The van der Waals surface area contributed by atoms with Crippen molar-refractivity contribution in [2.45, 2.75) is 217 Å². The first kappa shape index (κ1) is 104. The maximum atomic E-state index is 13.3. The number of pyridine rings is 4. The van der Waals surface area contributed by atoms with Crippen LogP contribution in [-0.2, 0) is 81.8 Å². The summed E-state index contributed by atoms with van der Waals surface area (Å²) in [5, 5.41) is 3.04. The third-order valence-electron chi connectivity index (χ3n) is 31.8. The SMILES string of the molecule is C=C1CCC(CC(=O)N2CCC([C@H]3c4ncc(Br)cc4CCc4cc(Cl)cc(Br)c43)CC2)CC1.C=C1CCN(CC(=O)N2CCC([C@H]3c4ncc(Br)cc4CCc4cc(Cl)cc(Br)c43)CC2)CC1.Cc1ccc2c(c1)CC(CC(=O)N1CCC([C@H]3c4ncc(Br)cc4CCc4cc(Cl)cc(Br)c43)CC1)C2=O.O=C1CCC(=CC(=O)N2CCC([C@H]3c4ncc(Br)cc4CCc4cc(Cl)cc(Br)c43)CC2)CC1. The summed E-state index contributed by atoms with van der Waals surface area (Å²) < 4.78 is 8.29. The number of likely N-dealkylation sites (tertiary alicyclic amines) is 5. The summed E-state index contributed by atoms with van der Waals surface area (Å²) in [4.78, 5) is 107. The van der Waals surface area contributed by atoms with Gasteiger partial charge in [0, 0.05) is 213 Å². The smallest absolute Gasteiger partial charge is 0.246 e. The number of piperidine rings is 5. The Kier molecular flexibility index (Phi) is 34.7. The second-order valence-corrected chi connectivity index (χ2v) is 49.6. The number of fused-ring (bicyclic) bond motifs is 9. The first-order valence-corrected chi connectivity index (χ1v) is 57.8. The van der Waals surface area contributed by atoms with Crippen LogP contribution in [0.4, 0.5) is 0 Å². The summed E-state index contributed by atoms with van der Waals surface area (Å²) in [5.74, 6) is 3.91. The zero-order chi connectivity index (χ0) is 98.0. The molecule has 5 aliphatic heterocycles. The maximum absolute atomic E-state index is 13.3. The van der Waals surface area contributed by atoms with E-state index in [4.69, 9.17) is 66.3 Å². The van der Waals surface area contributed by atoms with Gasteiger partial charge in [0.2, 0.25) is 23.6 Å². The lowest BCUT2D eigenvalue weighted by Crippen LogP contribution is -2.46. The normalized spacial score (nSPS) is 21.4. The zero-order valence-corrected chi connectivity index (χ0v) is 94.7. The lowest BCUT2D eigenvalue weighted by atomic mass is 9.76. The Labute approximate surface area is 911 Å². The summed E-state index contributed by atoms with van der Waals surface area (Å²) in [6.07, 6.45) is 35.4. The number of rotatable bonds is 11.